The number of carbonyl (C=O) groups is 1. The first kappa shape index (κ1) is 16.8. The first-order chi connectivity index (χ1) is 11.2. The average molecular weight is 334 g/mol. The molecule has 0 atom stereocenters. The summed E-state index contributed by atoms with van der Waals surface area (Å²) in [6.07, 6.45) is 1.48. The van der Waals surface area contributed by atoms with Crippen molar-refractivity contribution in [1.82, 2.24) is 5.32 Å². The summed E-state index contributed by atoms with van der Waals surface area (Å²) in [6.45, 7) is 0.349. The van der Waals surface area contributed by atoms with Crippen LogP contribution in [-0.2, 0) is 16.2 Å². The second kappa shape index (κ2) is 8.79. The van der Waals surface area contributed by atoms with E-state index in [0.717, 1.165) is 4.88 Å². The molecule has 7 heteroatoms. The number of oxime groups is 1. The van der Waals surface area contributed by atoms with Crippen molar-refractivity contribution in [3.8, 4) is 11.5 Å². The summed E-state index contributed by atoms with van der Waals surface area (Å²) in [4.78, 5) is 17.7. The first-order valence-corrected chi connectivity index (χ1v) is 7.78. The van der Waals surface area contributed by atoms with Gasteiger partial charge in [-0.25, -0.2) is 0 Å². The fraction of sp³-hybridized carbons (Fsp3) is 0.250. The van der Waals surface area contributed by atoms with E-state index in [2.05, 4.69) is 10.5 Å². The van der Waals surface area contributed by atoms with Crippen LogP contribution in [0.5, 0.6) is 11.5 Å². The summed E-state index contributed by atoms with van der Waals surface area (Å²) in [7, 11) is 3.11. The molecule has 6 nitrogen and oxygen atoms in total. The smallest absolute Gasteiger partial charge is 0.261 e. The molecule has 0 fully saturated rings. The van der Waals surface area contributed by atoms with Gasteiger partial charge in [0.25, 0.3) is 5.91 Å². The van der Waals surface area contributed by atoms with E-state index in [1.54, 1.807) is 31.6 Å². The zero-order chi connectivity index (χ0) is 16.5. The predicted octanol–water partition coefficient (Wildman–Crippen LogP) is 2.43. The second-order valence-corrected chi connectivity index (χ2v) is 5.48. The highest BCUT2D eigenvalue weighted by molar-refractivity contribution is 7.09. The largest absolute Gasteiger partial charge is 0.493 e. The third kappa shape index (κ3) is 5.00. The minimum absolute atomic E-state index is 0.145. The van der Waals surface area contributed by atoms with Gasteiger partial charge in [-0.2, -0.15) is 0 Å². The summed E-state index contributed by atoms with van der Waals surface area (Å²) < 4.78 is 10.5. The molecular weight excluding hydrogens is 316 g/mol. The Balaban J connectivity index is 1.81. The van der Waals surface area contributed by atoms with Crippen LogP contribution >= 0.6 is 11.3 Å². The van der Waals surface area contributed by atoms with Crippen LogP contribution in [0.25, 0.3) is 0 Å². The van der Waals surface area contributed by atoms with Crippen molar-refractivity contribution in [2.75, 3.05) is 20.8 Å². The quantitative estimate of drug-likeness (QED) is 0.595. The lowest BCUT2D eigenvalue weighted by Crippen LogP contribution is -2.26. The van der Waals surface area contributed by atoms with Gasteiger partial charge in [0, 0.05) is 10.4 Å². The number of benzene rings is 1. The molecule has 0 radical (unpaired) electrons. The molecule has 1 heterocycles. The molecule has 2 rings (SSSR count). The maximum atomic E-state index is 11.6. The molecule has 2 aromatic rings. The molecule has 1 aromatic heterocycles. The number of amides is 1. The Hall–Kier alpha value is -2.54. The second-order valence-electron chi connectivity index (χ2n) is 4.45. The maximum Gasteiger partial charge on any atom is 0.261 e. The van der Waals surface area contributed by atoms with Gasteiger partial charge in [-0.05, 0) is 23.6 Å². The number of para-hydroxylation sites is 1. The highest BCUT2D eigenvalue weighted by Crippen LogP contribution is 2.29. The van der Waals surface area contributed by atoms with Gasteiger partial charge in [-0.1, -0.05) is 17.3 Å². The van der Waals surface area contributed by atoms with Crippen molar-refractivity contribution >= 4 is 23.5 Å². The molecule has 0 aliphatic rings. The van der Waals surface area contributed by atoms with Gasteiger partial charge in [-0.15, -0.1) is 11.3 Å². The Morgan fingerprint density at radius 1 is 1.26 bits per heavy atom. The number of hydrogen-bond donors (Lipinski definition) is 1. The lowest BCUT2D eigenvalue weighted by Gasteiger charge is -2.09. The number of nitrogens with one attached hydrogen (secondary N) is 1. The Bertz CT molecular complexity index is 656. The van der Waals surface area contributed by atoms with E-state index in [4.69, 9.17) is 14.3 Å². The molecule has 0 bridgehead atoms. The van der Waals surface area contributed by atoms with E-state index in [-0.39, 0.29) is 12.5 Å². The van der Waals surface area contributed by atoms with E-state index in [9.17, 15) is 4.79 Å². The van der Waals surface area contributed by atoms with Gasteiger partial charge >= 0.3 is 0 Å². The molecule has 122 valence electrons. The Labute approximate surface area is 138 Å². The summed E-state index contributed by atoms with van der Waals surface area (Å²) in [5.74, 6) is 0.933. The van der Waals surface area contributed by atoms with Gasteiger partial charge in [-0.3, -0.25) is 4.79 Å². The molecule has 0 aliphatic carbocycles. The molecule has 0 aliphatic heterocycles. The Morgan fingerprint density at radius 3 is 2.83 bits per heavy atom. The molecule has 0 saturated carbocycles. The van der Waals surface area contributed by atoms with Gasteiger partial charge in [0.1, 0.15) is 0 Å². The number of thiophene rings is 1. The molecular formula is C16H18N2O4S. The first-order valence-electron chi connectivity index (χ1n) is 6.90. The van der Waals surface area contributed by atoms with E-state index >= 15 is 0 Å². The molecule has 1 amide bonds. The van der Waals surface area contributed by atoms with Crippen molar-refractivity contribution in [2.24, 2.45) is 5.16 Å². The fourth-order valence-corrected chi connectivity index (χ4v) is 2.50. The number of hydrogen-bond acceptors (Lipinski definition) is 6. The fourth-order valence-electron chi connectivity index (χ4n) is 1.85. The zero-order valence-electron chi connectivity index (χ0n) is 12.9. The van der Waals surface area contributed by atoms with E-state index < -0.39 is 0 Å². The van der Waals surface area contributed by atoms with Crippen molar-refractivity contribution in [2.45, 2.75) is 6.54 Å². The lowest BCUT2D eigenvalue weighted by molar-refractivity contribution is -0.125. The molecule has 1 N–H and O–H groups in total. The average Bonchev–Trinajstić information content (AvgIpc) is 3.10. The van der Waals surface area contributed by atoms with Crippen LogP contribution in [0.15, 0.2) is 40.9 Å². The predicted molar refractivity (Wildman–Crippen MR) is 89.3 cm³/mol. The normalized spacial score (nSPS) is 10.5. The monoisotopic (exact) mass is 334 g/mol. The molecule has 0 unspecified atom stereocenters. The van der Waals surface area contributed by atoms with E-state index in [1.165, 1.54) is 6.21 Å². The van der Waals surface area contributed by atoms with Gasteiger partial charge in [0.2, 0.25) is 0 Å². The van der Waals surface area contributed by atoms with E-state index in [1.807, 2.05) is 29.6 Å². The Morgan fingerprint density at radius 2 is 2.13 bits per heavy atom. The van der Waals surface area contributed by atoms with Crippen LogP contribution in [0.4, 0.5) is 0 Å². The third-order valence-corrected chi connectivity index (χ3v) is 3.81. The number of carbonyl (C=O) groups excluding carboxylic acids is 1. The minimum atomic E-state index is -0.229. The zero-order valence-corrected chi connectivity index (χ0v) is 13.8. The third-order valence-electron chi connectivity index (χ3n) is 2.94. The summed E-state index contributed by atoms with van der Waals surface area (Å²) >= 11 is 1.59. The van der Waals surface area contributed by atoms with Crippen LogP contribution < -0.4 is 14.8 Å². The SMILES string of the molecule is COc1cccc(/C=N\OCC(=O)NCc2cccs2)c1OC. The lowest BCUT2D eigenvalue weighted by atomic mass is 10.2. The molecule has 0 spiro atoms. The van der Waals surface area contributed by atoms with Crippen molar-refractivity contribution < 1.29 is 19.1 Å². The molecule has 23 heavy (non-hydrogen) atoms. The van der Waals surface area contributed by atoms with Crippen molar-refractivity contribution in [3.63, 3.8) is 0 Å². The van der Waals surface area contributed by atoms with Crippen LogP contribution in [0, 0.1) is 0 Å². The van der Waals surface area contributed by atoms with Crippen LogP contribution in [-0.4, -0.2) is 32.9 Å². The summed E-state index contributed by atoms with van der Waals surface area (Å²) in [5.41, 5.74) is 0.700. The number of rotatable bonds is 8. The van der Waals surface area contributed by atoms with Crippen LogP contribution in [0.2, 0.25) is 0 Å². The van der Waals surface area contributed by atoms with Crippen LogP contribution in [0.1, 0.15) is 10.4 Å². The molecule has 0 saturated heterocycles. The van der Waals surface area contributed by atoms with Gasteiger partial charge in [0.15, 0.2) is 18.1 Å². The number of ether oxygens (including phenoxy) is 2. The molecule has 1 aromatic carbocycles. The Kier molecular flexibility index (Phi) is 6.43. The maximum absolute atomic E-state index is 11.6. The highest BCUT2D eigenvalue weighted by Gasteiger charge is 2.07. The topological polar surface area (TPSA) is 69.2 Å². The van der Waals surface area contributed by atoms with Crippen LogP contribution in [0.3, 0.4) is 0 Å². The highest BCUT2D eigenvalue weighted by atomic mass is 32.1. The van der Waals surface area contributed by atoms with Crippen molar-refractivity contribution in [3.05, 3.63) is 46.2 Å². The summed E-state index contributed by atoms with van der Waals surface area (Å²) in [5, 5.41) is 8.51. The minimum Gasteiger partial charge on any atom is -0.493 e. The van der Waals surface area contributed by atoms with E-state index in [0.29, 0.717) is 23.6 Å². The van der Waals surface area contributed by atoms with Gasteiger partial charge in [0.05, 0.1) is 27.0 Å². The summed E-state index contributed by atoms with van der Waals surface area (Å²) in [6, 6.07) is 9.31. The standard InChI is InChI=1S/C16H18N2O4S/c1-20-14-7-3-5-12(16(14)21-2)9-18-22-11-15(19)17-10-13-6-4-8-23-13/h3-9H,10-11H2,1-2H3,(H,17,19)/b18-9-. The number of nitrogens with zero attached hydrogens (tertiary/aromatic N) is 1. The van der Waals surface area contributed by atoms with Gasteiger partial charge < -0.3 is 19.6 Å². The number of methoxy groups -OCH3 is 2. The van der Waals surface area contributed by atoms with Crippen molar-refractivity contribution in [1.29, 1.82) is 0 Å².